The van der Waals surface area contributed by atoms with Crippen LogP contribution in [0.5, 0.6) is 0 Å². The normalized spacial score (nSPS) is 12.9. The van der Waals surface area contributed by atoms with Crippen LogP contribution in [0.1, 0.15) is 18.9 Å². The lowest BCUT2D eigenvalue weighted by atomic mass is 10.2. The number of benzene rings is 1. The largest absolute Gasteiger partial charge is 0.416 e. The van der Waals surface area contributed by atoms with Gasteiger partial charge in [0, 0.05) is 13.6 Å². The quantitative estimate of drug-likeness (QED) is 0.840. The van der Waals surface area contributed by atoms with Gasteiger partial charge in [-0.1, -0.05) is 0 Å². The van der Waals surface area contributed by atoms with Crippen molar-refractivity contribution < 1.29 is 27.5 Å². The summed E-state index contributed by atoms with van der Waals surface area (Å²) in [5.74, 6) is -0.958. The fraction of sp³-hybridized carbons (Fsp3) is 0.462. The van der Waals surface area contributed by atoms with Gasteiger partial charge in [0.15, 0.2) is 0 Å². The molecule has 0 aliphatic carbocycles. The summed E-state index contributed by atoms with van der Waals surface area (Å²) in [6.45, 7) is 1.72. The van der Waals surface area contributed by atoms with Gasteiger partial charge in [0.05, 0.1) is 17.4 Å². The number of amides is 2. The van der Waals surface area contributed by atoms with Gasteiger partial charge in [-0.3, -0.25) is 0 Å². The van der Waals surface area contributed by atoms with Crippen LogP contribution in [-0.4, -0.2) is 35.7 Å². The van der Waals surface area contributed by atoms with Crippen molar-refractivity contribution in [2.75, 3.05) is 18.9 Å². The van der Waals surface area contributed by atoms with E-state index < -0.39 is 35.4 Å². The molecule has 1 aromatic carbocycles. The molecule has 118 valence electrons. The number of carbonyl (C=O) groups excluding carboxylic acids is 1. The molecule has 1 atom stereocenters. The Balaban J connectivity index is 2.80. The van der Waals surface area contributed by atoms with E-state index in [-0.39, 0.29) is 6.54 Å². The van der Waals surface area contributed by atoms with Gasteiger partial charge in [-0.25, -0.2) is 9.18 Å². The summed E-state index contributed by atoms with van der Waals surface area (Å²) in [5, 5.41) is 11.2. The van der Waals surface area contributed by atoms with E-state index in [4.69, 9.17) is 5.11 Å². The minimum Gasteiger partial charge on any atom is -0.393 e. The molecule has 1 unspecified atom stereocenters. The number of rotatable bonds is 4. The Morgan fingerprint density at radius 2 is 2.05 bits per heavy atom. The summed E-state index contributed by atoms with van der Waals surface area (Å²) in [4.78, 5) is 12.9. The van der Waals surface area contributed by atoms with E-state index in [0.717, 1.165) is 4.90 Å². The first-order valence-corrected chi connectivity index (χ1v) is 6.18. The minimum atomic E-state index is -4.62. The lowest BCUT2D eigenvalue weighted by Gasteiger charge is -2.19. The van der Waals surface area contributed by atoms with Crippen LogP contribution in [0.15, 0.2) is 18.2 Å². The third kappa shape index (κ3) is 5.22. The molecule has 1 aromatic rings. The number of carbonyl (C=O) groups is 1. The molecule has 0 heterocycles. The molecular weight excluding hydrogens is 292 g/mol. The van der Waals surface area contributed by atoms with Crippen LogP contribution in [0.25, 0.3) is 0 Å². The Labute approximate surface area is 119 Å². The summed E-state index contributed by atoms with van der Waals surface area (Å²) in [7, 11) is 1.39. The van der Waals surface area contributed by atoms with Gasteiger partial charge < -0.3 is 15.3 Å². The van der Waals surface area contributed by atoms with E-state index >= 15 is 0 Å². The van der Waals surface area contributed by atoms with Crippen molar-refractivity contribution in [1.82, 2.24) is 4.90 Å². The second kappa shape index (κ2) is 6.75. The van der Waals surface area contributed by atoms with Crippen molar-refractivity contribution in [2.24, 2.45) is 0 Å². The number of hydrogen-bond acceptors (Lipinski definition) is 2. The standard InChI is InChI=1S/C13H16F4N2O2/c1-8(20)5-6-19(2)12(21)18-11-7-9(13(15,16)17)3-4-10(11)14/h3-4,7-8,20H,5-6H2,1-2H3,(H,18,21). The number of halogens is 4. The van der Waals surface area contributed by atoms with Crippen LogP contribution in [0.2, 0.25) is 0 Å². The third-order valence-corrected chi connectivity index (χ3v) is 2.76. The number of anilines is 1. The molecule has 8 heteroatoms. The topological polar surface area (TPSA) is 52.6 Å². The number of hydrogen-bond donors (Lipinski definition) is 2. The Kier molecular flexibility index (Phi) is 5.54. The van der Waals surface area contributed by atoms with Gasteiger partial charge >= 0.3 is 12.2 Å². The fourth-order valence-corrected chi connectivity index (χ4v) is 1.49. The molecular formula is C13H16F4N2O2. The van der Waals surface area contributed by atoms with Crippen LogP contribution in [-0.2, 0) is 6.18 Å². The zero-order valence-electron chi connectivity index (χ0n) is 11.5. The summed E-state index contributed by atoms with van der Waals surface area (Å²) in [5.41, 5.74) is -1.59. The Hall–Kier alpha value is -1.83. The van der Waals surface area contributed by atoms with Crippen LogP contribution < -0.4 is 5.32 Å². The molecule has 0 saturated heterocycles. The molecule has 0 fully saturated rings. The average molecular weight is 308 g/mol. The predicted molar refractivity (Wildman–Crippen MR) is 69.3 cm³/mol. The predicted octanol–water partition coefficient (Wildman–Crippen LogP) is 3.08. The molecule has 21 heavy (non-hydrogen) atoms. The van der Waals surface area contributed by atoms with Crippen LogP contribution in [0.4, 0.5) is 28.0 Å². The maximum absolute atomic E-state index is 13.5. The van der Waals surface area contributed by atoms with Crippen molar-refractivity contribution in [3.8, 4) is 0 Å². The fourth-order valence-electron chi connectivity index (χ4n) is 1.49. The molecule has 0 radical (unpaired) electrons. The van der Waals surface area contributed by atoms with Crippen molar-refractivity contribution in [2.45, 2.75) is 25.6 Å². The van der Waals surface area contributed by atoms with E-state index in [1.54, 1.807) is 0 Å². The summed E-state index contributed by atoms with van der Waals surface area (Å²) >= 11 is 0. The number of urea groups is 1. The Morgan fingerprint density at radius 1 is 1.43 bits per heavy atom. The smallest absolute Gasteiger partial charge is 0.393 e. The van der Waals surface area contributed by atoms with E-state index in [1.807, 2.05) is 0 Å². The number of nitrogens with zero attached hydrogens (tertiary/aromatic N) is 1. The van der Waals surface area contributed by atoms with Crippen LogP contribution in [0.3, 0.4) is 0 Å². The molecule has 0 aliphatic heterocycles. The lowest BCUT2D eigenvalue weighted by molar-refractivity contribution is -0.137. The highest BCUT2D eigenvalue weighted by atomic mass is 19.4. The summed E-state index contributed by atoms with van der Waals surface area (Å²) in [6, 6.07) is 1.03. The SMILES string of the molecule is CC(O)CCN(C)C(=O)Nc1cc(C(F)(F)F)ccc1F. The molecule has 4 nitrogen and oxygen atoms in total. The number of aliphatic hydroxyl groups is 1. The monoisotopic (exact) mass is 308 g/mol. The molecule has 0 spiro atoms. The molecule has 2 amide bonds. The Bertz CT molecular complexity index is 503. The highest BCUT2D eigenvalue weighted by Gasteiger charge is 2.31. The van der Waals surface area contributed by atoms with Crippen molar-refractivity contribution in [3.05, 3.63) is 29.6 Å². The van der Waals surface area contributed by atoms with Gasteiger partial charge in [0.25, 0.3) is 0 Å². The van der Waals surface area contributed by atoms with E-state index in [0.29, 0.717) is 24.6 Å². The van der Waals surface area contributed by atoms with Gasteiger partial charge in [0.1, 0.15) is 5.82 Å². The van der Waals surface area contributed by atoms with Gasteiger partial charge in [-0.05, 0) is 31.5 Å². The van der Waals surface area contributed by atoms with Gasteiger partial charge in [-0.15, -0.1) is 0 Å². The van der Waals surface area contributed by atoms with Crippen molar-refractivity contribution in [3.63, 3.8) is 0 Å². The van der Waals surface area contributed by atoms with Crippen molar-refractivity contribution >= 4 is 11.7 Å². The highest BCUT2D eigenvalue weighted by Crippen LogP contribution is 2.31. The molecule has 0 aliphatic rings. The number of alkyl halides is 3. The third-order valence-electron chi connectivity index (χ3n) is 2.76. The molecule has 1 rings (SSSR count). The lowest BCUT2D eigenvalue weighted by Crippen LogP contribution is -2.33. The van der Waals surface area contributed by atoms with Gasteiger partial charge in [-0.2, -0.15) is 13.2 Å². The maximum atomic E-state index is 13.5. The first-order valence-electron chi connectivity index (χ1n) is 6.18. The summed E-state index contributed by atoms with van der Waals surface area (Å²) < 4.78 is 51.1. The van der Waals surface area contributed by atoms with Gasteiger partial charge in [0.2, 0.25) is 0 Å². The first kappa shape index (κ1) is 17.2. The average Bonchev–Trinajstić information content (AvgIpc) is 2.36. The highest BCUT2D eigenvalue weighted by molar-refractivity contribution is 5.89. The Morgan fingerprint density at radius 3 is 2.57 bits per heavy atom. The zero-order chi connectivity index (χ0) is 16.2. The first-order chi connectivity index (χ1) is 9.61. The molecule has 0 aromatic heterocycles. The number of aliphatic hydroxyl groups excluding tert-OH is 1. The second-order valence-corrected chi connectivity index (χ2v) is 4.68. The zero-order valence-corrected chi connectivity index (χ0v) is 11.5. The summed E-state index contributed by atoms with van der Waals surface area (Å²) in [6.07, 6.45) is -4.94. The van der Waals surface area contributed by atoms with Crippen LogP contribution in [0, 0.1) is 5.82 Å². The molecule has 2 N–H and O–H groups in total. The van der Waals surface area contributed by atoms with Crippen molar-refractivity contribution in [1.29, 1.82) is 0 Å². The molecule has 0 saturated carbocycles. The van der Waals surface area contributed by atoms with E-state index in [9.17, 15) is 22.4 Å². The van der Waals surface area contributed by atoms with Crippen LogP contribution >= 0.6 is 0 Å². The maximum Gasteiger partial charge on any atom is 0.416 e. The minimum absolute atomic E-state index is 0.185. The second-order valence-electron chi connectivity index (χ2n) is 4.68. The molecule has 0 bridgehead atoms. The van der Waals surface area contributed by atoms with E-state index in [2.05, 4.69) is 5.32 Å². The number of nitrogens with one attached hydrogen (secondary N) is 1. The van der Waals surface area contributed by atoms with E-state index in [1.165, 1.54) is 14.0 Å².